The van der Waals surface area contributed by atoms with Crippen molar-refractivity contribution >= 4 is 40.7 Å². The largest absolute Gasteiger partial charge is 0.322 e. The van der Waals surface area contributed by atoms with Crippen molar-refractivity contribution in [1.82, 2.24) is 0 Å². The molecule has 4 rings (SSSR count). The summed E-state index contributed by atoms with van der Waals surface area (Å²) in [6.07, 6.45) is 4.49. The SMILES string of the molecule is Cc1ccc(Cl)cc1NC(=O)c1ccccc1N1C(=O)[C@H]2[C@H](C)C=CC[C@H]2C1=O. The van der Waals surface area contributed by atoms with Gasteiger partial charge in [-0.05, 0) is 49.1 Å². The van der Waals surface area contributed by atoms with Crippen LogP contribution in [0.2, 0.25) is 5.02 Å². The Bertz CT molecular complexity index is 1050. The minimum absolute atomic E-state index is 0.00898. The van der Waals surface area contributed by atoms with Crippen molar-refractivity contribution in [2.24, 2.45) is 17.8 Å². The minimum Gasteiger partial charge on any atom is -0.322 e. The van der Waals surface area contributed by atoms with Gasteiger partial charge in [0.05, 0.1) is 23.1 Å². The van der Waals surface area contributed by atoms with Crippen LogP contribution in [0, 0.1) is 24.7 Å². The van der Waals surface area contributed by atoms with Gasteiger partial charge in [-0.1, -0.05) is 48.9 Å². The molecular weight excluding hydrogens is 388 g/mol. The number of nitrogens with zero attached hydrogens (tertiary/aromatic N) is 1. The number of para-hydroxylation sites is 1. The van der Waals surface area contributed by atoms with Gasteiger partial charge in [-0.15, -0.1) is 0 Å². The Morgan fingerprint density at radius 1 is 1.14 bits per heavy atom. The van der Waals surface area contributed by atoms with Crippen molar-refractivity contribution in [2.75, 3.05) is 10.2 Å². The lowest BCUT2D eigenvalue weighted by Gasteiger charge is -2.22. The first-order valence-corrected chi connectivity index (χ1v) is 9.97. The molecule has 0 radical (unpaired) electrons. The molecule has 5 nitrogen and oxygen atoms in total. The van der Waals surface area contributed by atoms with E-state index in [0.717, 1.165) is 5.56 Å². The van der Waals surface area contributed by atoms with E-state index in [1.165, 1.54) is 4.90 Å². The number of allylic oxidation sites excluding steroid dienone is 2. The van der Waals surface area contributed by atoms with Crippen LogP contribution in [0.5, 0.6) is 0 Å². The number of halogens is 1. The maximum absolute atomic E-state index is 13.1. The predicted octanol–water partition coefficient (Wildman–Crippen LogP) is 4.60. The molecule has 0 saturated carbocycles. The fourth-order valence-corrected chi connectivity index (χ4v) is 4.34. The van der Waals surface area contributed by atoms with Crippen LogP contribution >= 0.6 is 11.6 Å². The van der Waals surface area contributed by atoms with Crippen molar-refractivity contribution < 1.29 is 14.4 Å². The summed E-state index contributed by atoms with van der Waals surface area (Å²) < 4.78 is 0. The van der Waals surface area contributed by atoms with Crippen molar-refractivity contribution in [3.05, 3.63) is 70.8 Å². The molecular formula is C23H21ClN2O3. The Morgan fingerprint density at radius 2 is 1.90 bits per heavy atom. The number of hydrogen-bond acceptors (Lipinski definition) is 3. The molecule has 148 valence electrons. The van der Waals surface area contributed by atoms with E-state index >= 15 is 0 Å². The van der Waals surface area contributed by atoms with Crippen LogP contribution in [0.25, 0.3) is 0 Å². The number of nitrogens with one attached hydrogen (secondary N) is 1. The summed E-state index contributed by atoms with van der Waals surface area (Å²) in [5, 5.41) is 3.36. The van der Waals surface area contributed by atoms with Crippen LogP contribution in [0.15, 0.2) is 54.6 Å². The van der Waals surface area contributed by atoms with E-state index in [1.54, 1.807) is 36.4 Å². The molecule has 1 heterocycles. The van der Waals surface area contributed by atoms with Gasteiger partial charge in [-0.2, -0.15) is 0 Å². The van der Waals surface area contributed by atoms with Gasteiger partial charge in [0.25, 0.3) is 5.91 Å². The zero-order valence-corrected chi connectivity index (χ0v) is 16.9. The Kier molecular flexibility index (Phi) is 5.01. The minimum atomic E-state index is -0.396. The summed E-state index contributed by atoms with van der Waals surface area (Å²) in [5.74, 6) is -1.63. The lowest BCUT2D eigenvalue weighted by atomic mass is 9.78. The average Bonchev–Trinajstić information content (AvgIpc) is 2.96. The highest BCUT2D eigenvalue weighted by atomic mass is 35.5. The summed E-state index contributed by atoms with van der Waals surface area (Å²) in [5.41, 5.74) is 2.04. The number of carbonyl (C=O) groups excluding carboxylic acids is 3. The summed E-state index contributed by atoms with van der Waals surface area (Å²) in [6, 6.07) is 11.9. The molecule has 1 fully saturated rings. The number of amides is 3. The molecule has 6 heteroatoms. The molecule has 2 aromatic rings. The van der Waals surface area contributed by atoms with Crippen LogP contribution < -0.4 is 10.2 Å². The van der Waals surface area contributed by atoms with Crippen LogP contribution in [0.3, 0.4) is 0 Å². The summed E-state index contributed by atoms with van der Waals surface area (Å²) in [7, 11) is 0. The van der Waals surface area contributed by atoms with E-state index in [1.807, 2.05) is 32.1 Å². The Hall–Kier alpha value is -2.92. The van der Waals surface area contributed by atoms with Crippen molar-refractivity contribution in [2.45, 2.75) is 20.3 Å². The van der Waals surface area contributed by atoms with Crippen molar-refractivity contribution in [3.8, 4) is 0 Å². The van der Waals surface area contributed by atoms with Gasteiger partial charge < -0.3 is 5.32 Å². The Labute approximate surface area is 174 Å². The fourth-order valence-electron chi connectivity index (χ4n) is 4.16. The molecule has 0 unspecified atom stereocenters. The second-order valence-corrected chi connectivity index (χ2v) is 8.03. The zero-order chi connectivity index (χ0) is 20.7. The number of hydrogen-bond donors (Lipinski definition) is 1. The Morgan fingerprint density at radius 3 is 2.66 bits per heavy atom. The molecule has 0 spiro atoms. The van der Waals surface area contributed by atoms with Crippen LogP contribution in [0.1, 0.15) is 29.3 Å². The molecule has 1 N–H and O–H groups in total. The van der Waals surface area contributed by atoms with Gasteiger partial charge in [0.1, 0.15) is 0 Å². The van der Waals surface area contributed by atoms with E-state index in [-0.39, 0.29) is 35.1 Å². The average molecular weight is 409 g/mol. The smallest absolute Gasteiger partial charge is 0.257 e. The number of carbonyl (C=O) groups is 3. The molecule has 0 bridgehead atoms. The second-order valence-electron chi connectivity index (χ2n) is 7.60. The highest BCUT2D eigenvalue weighted by Gasteiger charge is 2.51. The summed E-state index contributed by atoms with van der Waals surface area (Å²) in [4.78, 5) is 40.4. The van der Waals surface area contributed by atoms with Crippen molar-refractivity contribution in [1.29, 1.82) is 0 Å². The summed E-state index contributed by atoms with van der Waals surface area (Å²) >= 11 is 6.05. The number of aryl methyl sites for hydroxylation is 1. The van der Waals surface area contributed by atoms with Gasteiger partial charge in [0.2, 0.25) is 11.8 Å². The maximum atomic E-state index is 13.1. The number of rotatable bonds is 3. The number of anilines is 2. The van der Waals surface area contributed by atoms with Crippen molar-refractivity contribution in [3.63, 3.8) is 0 Å². The normalized spacial score (nSPS) is 23.3. The molecule has 3 atom stereocenters. The first kappa shape index (κ1) is 19.4. The van der Waals surface area contributed by atoms with Crippen LogP contribution in [0.4, 0.5) is 11.4 Å². The highest BCUT2D eigenvalue weighted by Crippen LogP contribution is 2.41. The monoisotopic (exact) mass is 408 g/mol. The number of fused-ring (bicyclic) bond motifs is 1. The van der Waals surface area contributed by atoms with Gasteiger partial charge in [-0.25, -0.2) is 4.90 Å². The molecule has 1 aliphatic heterocycles. The van der Waals surface area contributed by atoms with Crippen LogP contribution in [-0.2, 0) is 9.59 Å². The Balaban J connectivity index is 1.69. The molecule has 0 aromatic heterocycles. The predicted molar refractivity (Wildman–Crippen MR) is 113 cm³/mol. The second kappa shape index (κ2) is 7.48. The number of benzene rings is 2. The number of imide groups is 1. The first-order valence-electron chi connectivity index (χ1n) is 9.59. The molecule has 29 heavy (non-hydrogen) atoms. The van der Waals surface area contributed by atoms with Gasteiger partial charge in [-0.3, -0.25) is 14.4 Å². The van der Waals surface area contributed by atoms with Gasteiger partial charge in [0, 0.05) is 10.7 Å². The third-order valence-electron chi connectivity index (χ3n) is 5.71. The third kappa shape index (κ3) is 3.36. The topological polar surface area (TPSA) is 66.5 Å². The zero-order valence-electron chi connectivity index (χ0n) is 16.2. The van der Waals surface area contributed by atoms with E-state index in [0.29, 0.717) is 22.8 Å². The molecule has 2 aliphatic rings. The molecule has 1 aliphatic carbocycles. The lowest BCUT2D eigenvalue weighted by molar-refractivity contribution is -0.122. The van der Waals surface area contributed by atoms with E-state index < -0.39 is 5.91 Å². The summed E-state index contributed by atoms with van der Waals surface area (Å²) in [6.45, 7) is 3.81. The molecule has 1 saturated heterocycles. The standard InChI is InChI=1S/C23H21ClN2O3/c1-13-10-11-15(24)12-18(13)25-21(27)16-7-3-4-9-19(16)26-22(28)17-8-5-6-14(2)20(17)23(26)29/h3-7,9-12,14,17,20H,8H2,1-2H3,(H,25,27)/t14-,17-,20+/m1/s1. The highest BCUT2D eigenvalue weighted by molar-refractivity contribution is 6.31. The van der Waals surface area contributed by atoms with Gasteiger partial charge >= 0.3 is 0 Å². The van der Waals surface area contributed by atoms with E-state index in [4.69, 9.17) is 11.6 Å². The quantitative estimate of drug-likeness (QED) is 0.596. The molecule has 3 amide bonds. The van der Waals surface area contributed by atoms with Gasteiger partial charge in [0.15, 0.2) is 0 Å². The molecule has 2 aromatic carbocycles. The fraction of sp³-hybridized carbons (Fsp3) is 0.261. The van der Waals surface area contributed by atoms with Crippen LogP contribution in [-0.4, -0.2) is 17.7 Å². The lowest BCUT2D eigenvalue weighted by Crippen LogP contribution is -2.33. The van der Waals surface area contributed by atoms with E-state index in [2.05, 4.69) is 5.32 Å². The first-order chi connectivity index (χ1) is 13.9. The third-order valence-corrected chi connectivity index (χ3v) is 5.95. The maximum Gasteiger partial charge on any atom is 0.257 e. The van der Waals surface area contributed by atoms with E-state index in [9.17, 15) is 14.4 Å².